The Morgan fingerprint density at radius 1 is 0.778 bits per heavy atom. The molecular weight excluding hydrogens is 224 g/mol. The van der Waals surface area contributed by atoms with Crippen LogP contribution in [0.4, 0.5) is 0 Å². The lowest BCUT2D eigenvalue weighted by atomic mass is 10.0. The number of hydrogen-bond donors (Lipinski definition) is 0. The minimum absolute atomic E-state index is 0.0648. The highest BCUT2D eigenvalue weighted by Crippen LogP contribution is 2.20. The molecule has 0 amide bonds. The summed E-state index contributed by atoms with van der Waals surface area (Å²) in [5.41, 5.74) is 2.72. The fourth-order valence-electron chi connectivity index (χ4n) is 1.92. The molecule has 1 aliphatic heterocycles. The zero-order valence-corrected chi connectivity index (χ0v) is 11.0. The second-order valence-electron chi connectivity index (χ2n) is 4.36. The van der Waals surface area contributed by atoms with Crippen LogP contribution in [-0.4, -0.2) is 6.29 Å². The summed E-state index contributed by atoms with van der Waals surface area (Å²) in [6.07, 6.45) is 3.00. The van der Waals surface area contributed by atoms with Crippen LogP contribution in [0.2, 0.25) is 0 Å². The van der Waals surface area contributed by atoms with Gasteiger partial charge in [-0.05, 0) is 35.7 Å². The van der Waals surface area contributed by atoms with Gasteiger partial charge < -0.3 is 9.47 Å². The molecule has 94 valence electrons. The SMILES string of the molecule is CC1OC=CO1.Cc1ccc(C)c2ccccc12. The normalized spacial score (nSPS) is 13.7. The minimum atomic E-state index is -0.0648. The van der Waals surface area contributed by atoms with Crippen molar-refractivity contribution in [1.29, 1.82) is 0 Å². The van der Waals surface area contributed by atoms with Crippen LogP contribution in [0.3, 0.4) is 0 Å². The highest BCUT2D eigenvalue weighted by atomic mass is 16.7. The standard InChI is InChI=1S/C12H12.C4H6O2/c1-9-7-8-10(2)12-6-4-3-5-11(9)12;1-4-5-2-3-6-4/h3-8H,1-2H3;2-4H,1H3. The third-order valence-corrected chi connectivity index (χ3v) is 2.96. The van der Waals surface area contributed by atoms with Crippen LogP contribution in [0.1, 0.15) is 18.1 Å². The van der Waals surface area contributed by atoms with Gasteiger partial charge in [-0.3, -0.25) is 0 Å². The van der Waals surface area contributed by atoms with Crippen LogP contribution in [-0.2, 0) is 9.47 Å². The predicted octanol–water partition coefficient (Wildman–Crippen LogP) is 4.31. The Balaban J connectivity index is 0.000000169. The summed E-state index contributed by atoms with van der Waals surface area (Å²) in [5.74, 6) is 0. The van der Waals surface area contributed by atoms with Crippen LogP contribution in [0.5, 0.6) is 0 Å². The van der Waals surface area contributed by atoms with Gasteiger partial charge in [0.05, 0.1) is 0 Å². The molecule has 2 aromatic carbocycles. The molecule has 1 heterocycles. The Morgan fingerprint density at radius 2 is 1.22 bits per heavy atom. The van der Waals surface area contributed by atoms with E-state index in [-0.39, 0.29) is 6.29 Å². The van der Waals surface area contributed by atoms with Crippen LogP contribution in [0.15, 0.2) is 48.9 Å². The second-order valence-corrected chi connectivity index (χ2v) is 4.36. The molecule has 0 aliphatic carbocycles. The van der Waals surface area contributed by atoms with Gasteiger partial charge in [0.15, 0.2) is 0 Å². The minimum Gasteiger partial charge on any atom is -0.460 e. The van der Waals surface area contributed by atoms with E-state index >= 15 is 0 Å². The van der Waals surface area contributed by atoms with Gasteiger partial charge in [0.2, 0.25) is 6.29 Å². The highest BCUT2D eigenvalue weighted by molar-refractivity contribution is 5.88. The molecule has 18 heavy (non-hydrogen) atoms. The van der Waals surface area contributed by atoms with Crippen molar-refractivity contribution in [3.63, 3.8) is 0 Å². The summed E-state index contributed by atoms with van der Waals surface area (Å²) in [6.45, 7) is 6.14. The average Bonchev–Trinajstić information content (AvgIpc) is 2.86. The molecule has 0 aromatic heterocycles. The monoisotopic (exact) mass is 242 g/mol. The smallest absolute Gasteiger partial charge is 0.236 e. The van der Waals surface area contributed by atoms with Crippen LogP contribution in [0.25, 0.3) is 10.8 Å². The van der Waals surface area contributed by atoms with Crippen molar-refractivity contribution in [3.05, 3.63) is 60.0 Å². The molecule has 0 radical (unpaired) electrons. The average molecular weight is 242 g/mol. The maximum absolute atomic E-state index is 4.75. The highest BCUT2D eigenvalue weighted by Gasteiger charge is 2.00. The van der Waals surface area contributed by atoms with Gasteiger partial charge >= 0.3 is 0 Å². The fraction of sp³-hybridized carbons (Fsp3) is 0.250. The quantitative estimate of drug-likeness (QED) is 0.685. The Hall–Kier alpha value is -1.96. The molecule has 0 atom stereocenters. The van der Waals surface area contributed by atoms with Gasteiger partial charge in [-0.15, -0.1) is 0 Å². The maximum atomic E-state index is 4.75. The Bertz CT molecular complexity index is 510. The largest absolute Gasteiger partial charge is 0.460 e. The zero-order valence-electron chi connectivity index (χ0n) is 11.0. The van der Waals surface area contributed by atoms with E-state index < -0.39 is 0 Å². The first-order valence-corrected chi connectivity index (χ1v) is 6.09. The van der Waals surface area contributed by atoms with Gasteiger partial charge in [0.25, 0.3) is 0 Å². The van der Waals surface area contributed by atoms with Crippen LogP contribution >= 0.6 is 0 Å². The van der Waals surface area contributed by atoms with Gasteiger partial charge in [0.1, 0.15) is 12.5 Å². The topological polar surface area (TPSA) is 18.5 Å². The molecule has 2 aromatic rings. The first-order chi connectivity index (χ1) is 8.68. The molecule has 3 rings (SSSR count). The molecule has 0 unspecified atom stereocenters. The number of ether oxygens (including phenoxy) is 2. The summed E-state index contributed by atoms with van der Waals surface area (Å²) >= 11 is 0. The predicted molar refractivity (Wildman–Crippen MR) is 74.2 cm³/mol. The number of hydrogen-bond acceptors (Lipinski definition) is 2. The van der Waals surface area contributed by atoms with Crippen molar-refractivity contribution in [2.75, 3.05) is 0 Å². The van der Waals surface area contributed by atoms with Gasteiger partial charge in [-0.2, -0.15) is 0 Å². The van der Waals surface area contributed by atoms with E-state index in [2.05, 4.69) is 50.2 Å². The maximum Gasteiger partial charge on any atom is 0.236 e. The molecular formula is C16H18O2. The van der Waals surface area contributed by atoms with E-state index in [4.69, 9.17) is 9.47 Å². The first-order valence-electron chi connectivity index (χ1n) is 6.09. The molecule has 0 saturated carbocycles. The number of aryl methyl sites for hydroxylation is 2. The molecule has 0 N–H and O–H groups in total. The van der Waals surface area contributed by atoms with Crippen molar-refractivity contribution in [2.45, 2.75) is 27.1 Å². The van der Waals surface area contributed by atoms with Crippen molar-refractivity contribution in [2.24, 2.45) is 0 Å². The molecule has 2 nitrogen and oxygen atoms in total. The van der Waals surface area contributed by atoms with E-state index in [1.807, 2.05) is 6.92 Å². The van der Waals surface area contributed by atoms with E-state index in [9.17, 15) is 0 Å². The van der Waals surface area contributed by atoms with E-state index in [1.165, 1.54) is 34.4 Å². The summed E-state index contributed by atoms with van der Waals surface area (Å²) < 4.78 is 9.50. The molecule has 0 spiro atoms. The van der Waals surface area contributed by atoms with E-state index in [0.29, 0.717) is 0 Å². The molecule has 0 saturated heterocycles. The molecule has 0 fully saturated rings. The summed E-state index contributed by atoms with van der Waals surface area (Å²) in [7, 11) is 0. The van der Waals surface area contributed by atoms with Crippen molar-refractivity contribution in [3.8, 4) is 0 Å². The lowest BCUT2D eigenvalue weighted by molar-refractivity contribution is -0.00563. The number of benzene rings is 2. The van der Waals surface area contributed by atoms with Crippen molar-refractivity contribution in [1.82, 2.24) is 0 Å². The summed E-state index contributed by atoms with van der Waals surface area (Å²) in [6, 6.07) is 12.9. The number of fused-ring (bicyclic) bond motifs is 1. The lowest BCUT2D eigenvalue weighted by Gasteiger charge is -2.03. The second kappa shape index (κ2) is 5.58. The van der Waals surface area contributed by atoms with Crippen molar-refractivity contribution < 1.29 is 9.47 Å². The third-order valence-electron chi connectivity index (χ3n) is 2.96. The third kappa shape index (κ3) is 2.83. The molecule has 0 bridgehead atoms. The molecule has 2 heteroatoms. The lowest BCUT2D eigenvalue weighted by Crippen LogP contribution is -1.97. The van der Waals surface area contributed by atoms with Crippen LogP contribution < -0.4 is 0 Å². The van der Waals surface area contributed by atoms with Crippen LogP contribution in [0, 0.1) is 13.8 Å². The Kier molecular flexibility index (Phi) is 3.88. The zero-order chi connectivity index (χ0) is 13.0. The Morgan fingerprint density at radius 3 is 1.56 bits per heavy atom. The van der Waals surface area contributed by atoms with Gasteiger partial charge in [0, 0.05) is 6.92 Å². The summed E-state index contributed by atoms with van der Waals surface area (Å²) in [5, 5.41) is 2.75. The Labute approximate surface area is 108 Å². The van der Waals surface area contributed by atoms with Crippen molar-refractivity contribution >= 4 is 10.8 Å². The van der Waals surface area contributed by atoms with E-state index in [1.54, 1.807) is 0 Å². The molecule has 1 aliphatic rings. The van der Waals surface area contributed by atoms with Gasteiger partial charge in [-0.1, -0.05) is 36.4 Å². The summed E-state index contributed by atoms with van der Waals surface area (Å²) in [4.78, 5) is 0. The number of rotatable bonds is 0. The van der Waals surface area contributed by atoms with E-state index in [0.717, 1.165) is 0 Å². The fourth-order valence-corrected chi connectivity index (χ4v) is 1.92. The van der Waals surface area contributed by atoms with Gasteiger partial charge in [-0.25, -0.2) is 0 Å². The first kappa shape index (κ1) is 12.5.